The predicted octanol–water partition coefficient (Wildman–Crippen LogP) is 3.07. The van der Waals surface area contributed by atoms with Crippen LogP contribution in [0.15, 0.2) is 29.6 Å². The molecule has 0 radical (unpaired) electrons. The summed E-state index contributed by atoms with van der Waals surface area (Å²) in [4.78, 5) is 15.5. The molecule has 2 heterocycles. The van der Waals surface area contributed by atoms with E-state index in [2.05, 4.69) is 16.3 Å². The Kier molecular flexibility index (Phi) is 3.84. The standard InChI is InChI=1S/C16H18N2O2S/c1-2-20-16(19)11-3-4-13(17)14(9-11)18-7-5-15-12(10-18)6-8-21-15/h3-4,6,8-9H,2,5,7,10,17H2,1H3. The molecular formula is C16H18N2O2S. The maximum absolute atomic E-state index is 11.9. The summed E-state index contributed by atoms with van der Waals surface area (Å²) in [6.07, 6.45) is 1.02. The number of hydrogen-bond acceptors (Lipinski definition) is 5. The van der Waals surface area contributed by atoms with Gasteiger partial charge in [-0.15, -0.1) is 11.3 Å². The molecule has 0 spiro atoms. The summed E-state index contributed by atoms with van der Waals surface area (Å²) < 4.78 is 5.06. The molecule has 2 aromatic rings. The summed E-state index contributed by atoms with van der Waals surface area (Å²) in [5, 5.41) is 2.13. The van der Waals surface area contributed by atoms with Gasteiger partial charge in [0.2, 0.25) is 0 Å². The average Bonchev–Trinajstić information content (AvgIpc) is 2.95. The highest BCUT2D eigenvalue weighted by atomic mass is 32.1. The lowest BCUT2D eigenvalue weighted by atomic mass is 10.1. The smallest absolute Gasteiger partial charge is 0.338 e. The van der Waals surface area contributed by atoms with Crippen molar-refractivity contribution in [3.05, 3.63) is 45.6 Å². The van der Waals surface area contributed by atoms with Gasteiger partial charge >= 0.3 is 5.97 Å². The fourth-order valence-corrected chi connectivity index (χ4v) is 3.50. The van der Waals surface area contributed by atoms with Crippen LogP contribution in [0, 0.1) is 0 Å². The van der Waals surface area contributed by atoms with Crippen molar-refractivity contribution < 1.29 is 9.53 Å². The van der Waals surface area contributed by atoms with Gasteiger partial charge in [-0.25, -0.2) is 4.79 Å². The van der Waals surface area contributed by atoms with E-state index in [1.807, 2.05) is 17.4 Å². The Bertz CT molecular complexity index is 666. The van der Waals surface area contributed by atoms with Gasteiger partial charge in [0.25, 0.3) is 0 Å². The zero-order chi connectivity index (χ0) is 14.8. The topological polar surface area (TPSA) is 55.6 Å². The Hall–Kier alpha value is -2.01. The number of carbonyl (C=O) groups excluding carboxylic acids is 1. The lowest BCUT2D eigenvalue weighted by molar-refractivity contribution is 0.0526. The molecule has 0 amide bonds. The van der Waals surface area contributed by atoms with Gasteiger partial charge in [0.15, 0.2) is 0 Å². The van der Waals surface area contributed by atoms with E-state index in [1.54, 1.807) is 19.1 Å². The number of fused-ring (bicyclic) bond motifs is 1. The van der Waals surface area contributed by atoms with Gasteiger partial charge in [0, 0.05) is 18.0 Å². The summed E-state index contributed by atoms with van der Waals surface area (Å²) in [6.45, 7) is 3.94. The van der Waals surface area contributed by atoms with Crippen LogP contribution in [0.4, 0.5) is 11.4 Å². The van der Waals surface area contributed by atoms with Gasteiger partial charge in [0.05, 0.1) is 23.5 Å². The molecule has 1 aliphatic heterocycles. The van der Waals surface area contributed by atoms with Crippen LogP contribution in [-0.2, 0) is 17.7 Å². The minimum atomic E-state index is -0.299. The van der Waals surface area contributed by atoms with Crippen LogP contribution in [0.25, 0.3) is 0 Å². The zero-order valence-electron chi connectivity index (χ0n) is 12.0. The molecule has 4 nitrogen and oxygen atoms in total. The van der Waals surface area contributed by atoms with Gasteiger partial charge in [-0.2, -0.15) is 0 Å². The Morgan fingerprint density at radius 2 is 2.29 bits per heavy atom. The second kappa shape index (κ2) is 5.77. The summed E-state index contributed by atoms with van der Waals surface area (Å²) >= 11 is 1.81. The van der Waals surface area contributed by atoms with Crippen molar-refractivity contribution in [2.24, 2.45) is 0 Å². The Morgan fingerprint density at radius 3 is 3.10 bits per heavy atom. The van der Waals surface area contributed by atoms with E-state index in [0.717, 1.165) is 25.2 Å². The number of nitrogens with zero attached hydrogens (tertiary/aromatic N) is 1. The van der Waals surface area contributed by atoms with Crippen molar-refractivity contribution in [2.75, 3.05) is 23.8 Å². The summed E-state index contributed by atoms with van der Waals surface area (Å²) in [5.41, 5.74) is 9.62. The molecule has 0 bridgehead atoms. The molecule has 1 aromatic heterocycles. The summed E-state index contributed by atoms with van der Waals surface area (Å²) in [6, 6.07) is 7.50. The Morgan fingerprint density at radius 1 is 1.43 bits per heavy atom. The van der Waals surface area contributed by atoms with Gasteiger partial charge < -0.3 is 15.4 Å². The van der Waals surface area contributed by atoms with Gasteiger partial charge in [-0.3, -0.25) is 0 Å². The number of benzene rings is 1. The van der Waals surface area contributed by atoms with Crippen LogP contribution < -0.4 is 10.6 Å². The first-order valence-electron chi connectivity index (χ1n) is 7.06. The minimum Gasteiger partial charge on any atom is -0.462 e. The maximum Gasteiger partial charge on any atom is 0.338 e. The number of rotatable bonds is 3. The SMILES string of the molecule is CCOC(=O)c1ccc(N)c(N2CCc3sccc3C2)c1. The van der Waals surface area contributed by atoms with Crippen LogP contribution in [0.3, 0.4) is 0 Å². The maximum atomic E-state index is 11.9. The highest BCUT2D eigenvalue weighted by Crippen LogP contribution is 2.31. The molecule has 0 atom stereocenters. The van der Waals surface area contributed by atoms with Crippen molar-refractivity contribution in [1.29, 1.82) is 0 Å². The molecule has 1 aliphatic rings. The van der Waals surface area contributed by atoms with Gasteiger partial charge in [0.1, 0.15) is 0 Å². The first kappa shape index (κ1) is 13.9. The highest BCUT2D eigenvalue weighted by Gasteiger charge is 2.20. The molecule has 21 heavy (non-hydrogen) atoms. The normalized spacial score (nSPS) is 13.9. The van der Waals surface area contributed by atoms with E-state index in [1.165, 1.54) is 10.4 Å². The lowest BCUT2D eigenvalue weighted by Crippen LogP contribution is -2.30. The first-order valence-corrected chi connectivity index (χ1v) is 7.94. The second-order valence-corrected chi connectivity index (χ2v) is 6.04. The second-order valence-electron chi connectivity index (χ2n) is 5.03. The fourth-order valence-electron chi connectivity index (χ4n) is 2.61. The highest BCUT2D eigenvalue weighted by molar-refractivity contribution is 7.10. The molecule has 0 saturated heterocycles. The number of esters is 1. The van der Waals surface area contributed by atoms with Crippen molar-refractivity contribution >= 4 is 28.7 Å². The van der Waals surface area contributed by atoms with E-state index in [0.29, 0.717) is 17.9 Å². The third-order valence-corrected chi connectivity index (χ3v) is 4.71. The Balaban J connectivity index is 1.88. The third kappa shape index (κ3) is 2.74. The third-order valence-electron chi connectivity index (χ3n) is 3.69. The van der Waals surface area contributed by atoms with Crippen LogP contribution >= 0.6 is 11.3 Å². The van der Waals surface area contributed by atoms with Crippen LogP contribution in [0.5, 0.6) is 0 Å². The largest absolute Gasteiger partial charge is 0.462 e. The number of carbonyl (C=O) groups is 1. The predicted molar refractivity (Wildman–Crippen MR) is 85.9 cm³/mol. The Labute approximate surface area is 128 Å². The number of anilines is 2. The zero-order valence-corrected chi connectivity index (χ0v) is 12.8. The first-order chi connectivity index (χ1) is 10.2. The van der Waals surface area contributed by atoms with E-state index in [4.69, 9.17) is 10.5 Å². The number of nitrogens with two attached hydrogens (primary N) is 1. The van der Waals surface area contributed by atoms with E-state index < -0.39 is 0 Å². The lowest BCUT2D eigenvalue weighted by Gasteiger charge is -2.30. The molecule has 5 heteroatoms. The van der Waals surface area contributed by atoms with Crippen LogP contribution in [0.2, 0.25) is 0 Å². The monoisotopic (exact) mass is 302 g/mol. The minimum absolute atomic E-state index is 0.299. The van der Waals surface area contributed by atoms with Crippen molar-refractivity contribution in [3.8, 4) is 0 Å². The average molecular weight is 302 g/mol. The van der Waals surface area contributed by atoms with Crippen molar-refractivity contribution in [2.45, 2.75) is 19.9 Å². The van der Waals surface area contributed by atoms with Crippen LogP contribution in [-0.4, -0.2) is 19.1 Å². The summed E-state index contributed by atoms with van der Waals surface area (Å²) in [7, 11) is 0. The summed E-state index contributed by atoms with van der Waals surface area (Å²) in [5.74, 6) is -0.299. The molecular weight excluding hydrogens is 284 g/mol. The molecule has 0 unspecified atom stereocenters. The molecule has 0 fully saturated rings. The number of thiophene rings is 1. The molecule has 110 valence electrons. The molecule has 3 rings (SSSR count). The van der Waals surface area contributed by atoms with Gasteiger partial charge in [-0.1, -0.05) is 0 Å². The number of hydrogen-bond donors (Lipinski definition) is 1. The number of nitrogen functional groups attached to an aromatic ring is 1. The molecule has 0 saturated carbocycles. The molecule has 1 aromatic carbocycles. The quantitative estimate of drug-likeness (QED) is 0.699. The van der Waals surface area contributed by atoms with Crippen molar-refractivity contribution in [1.82, 2.24) is 0 Å². The van der Waals surface area contributed by atoms with Crippen molar-refractivity contribution in [3.63, 3.8) is 0 Å². The number of ether oxygens (including phenoxy) is 1. The molecule has 2 N–H and O–H groups in total. The van der Waals surface area contributed by atoms with E-state index >= 15 is 0 Å². The van der Waals surface area contributed by atoms with Crippen LogP contribution in [0.1, 0.15) is 27.7 Å². The fraction of sp³-hybridized carbons (Fsp3) is 0.312. The molecule has 0 aliphatic carbocycles. The van der Waals surface area contributed by atoms with Gasteiger partial charge in [-0.05, 0) is 48.6 Å². The van der Waals surface area contributed by atoms with E-state index in [9.17, 15) is 4.79 Å². The van der Waals surface area contributed by atoms with E-state index in [-0.39, 0.29) is 5.97 Å².